The summed E-state index contributed by atoms with van der Waals surface area (Å²) in [7, 11) is 0. The standard InChI is InChI=1S/C13H25N3O2/c1-10(13(17)16-5-7-18-8-6-16)15-12-4-2-3-11(12)9-14/h10-12,15H,2-9,14H2,1H3. The van der Waals surface area contributed by atoms with Crippen molar-refractivity contribution in [3.63, 3.8) is 0 Å². The summed E-state index contributed by atoms with van der Waals surface area (Å²) in [6, 6.07) is 0.301. The average molecular weight is 255 g/mol. The molecule has 2 aliphatic rings. The molecule has 0 aromatic heterocycles. The third kappa shape index (κ3) is 3.22. The van der Waals surface area contributed by atoms with Crippen LogP contribution in [-0.2, 0) is 9.53 Å². The monoisotopic (exact) mass is 255 g/mol. The van der Waals surface area contributed by atoms with Gasteiger partial charge in [-0.3, -0.25) is 4.79 Å². The number of hydrogen-bond donors (Lipinski definition) is 2. The normalized spacial score (nSPS) is 30.4. The van der Waals surface area contributed by atoms with Crippen LogP contribution in [0.15, 0.2) is 0 Å². The first-order chi connectivity index (χ1) is 8.72. The molecule has 3 unspecified atom stereocenters. The SMILES string of the molecule is CC(NC1CCCC1CN)C(=O)N1CCOCC1. The number of nitrogens with zero attached hydrogens (tertiary/aromatic N) is 1. The van der Waals surface area contributed by atoms with Crippen molar-refractivity contribution in [2.75, 3.05) is 32.8 Å². The number of carbonyl (C=O) groups excluding carboxylic acids is 1. The van der Waals surface area contributed by atoms with Crippen molar-refractivity contribution in [1.82, 2.24) is 10.2 Å². The first kappa shape index (κ1) is 13.8. The summed E-state index contributed by atoms with van der Waals surface area (Å²) < 4.78 is 5.27. The van der Waals surface area contributed by atoms with Crippen molar-refractivity contribution < 1.29 is 9.53 Å². The molecule has 3 N–H and O–H groups in total. The van der Waals surface area contributed by atoms with Gasteiger partial charge in [-0.05, 0) is 32.2 Å². The molecule has 1 saturated carbocycles. The van der Waals surface area contributed by atoms with Gasteiger partial charge in [-0.25, -0.2) is 0 Å². The van der Waals surface area contributed by atoms with Gasteiger partial charge in [0.15, 0.2) is 0 Å². The molecule has 1 aliphatic heterocycles. The summed E-state index contributed by atoms with van der Waals surface area (Å²) in [6.45, 7) is 5.44. The highest BCUT2D eigenvalue weighted by Crippen LogP contribution is 2.25. The fourth-order valence-electron chi connectivity index (χ4n) is 2.99. The summed E-state index contributed by atoms with van der Waals surface area (Å²) >= 11 is 0. The Bertz CT molecular complexity index is 279. The Balaban J connectivity index is 1.82. The molecule has 0 radical (unpaired) electrons. The van der Waals surface area contributed by atoms with E-state index in [1.54, 1.807) is 0 Å². The van der Waals surface area contributed by atoms with Gasteiger partial charge in [0.1, 0.15) is 0 Å². The molecule has 104 valence electrons. The fourth-order valence-corrected chi connectivity index (χ4v) is 2.99. The Morgan fingerprint density at radius 3 is 2.83 bits per heavy atom. The Hall–Kier alpha value is -0.650. The van der Waals surface area contributed by atoms with Crippen LogP contribution >= 0.6 is 0 Å². The summed E-state index contributed by atoms with van der Waals surface area (Å²) in [5.41, 5.74) is 5.77. The number of morpholine rings is 1. The van der Waals surface area contributed by atoms with Crippen molar-refractivity contribution in [2.24, 2.45) is 11.7 Å². The van der Waals surface area contributed by atoms with Gasteiger partial charge in [0.25, 0.3) is 0 Å². The van der Waals surface area contributed by atoms with Crippen LogP contribution in [0.4, 0.5) is 0 Å². The zero-order chi connectivity index (χ0) is 13.0. The lowest BCUT2D eigenvalue weighted by Crippen LogP contribution is -2.52. The van der Waals surface area contributed by atoms with E-state index in [1.807, 2.05) is 11.8 Å². The van der Waals surface area contributed by atoms with E-state index in [-0.39, 0.29) is 11.9 Å². The van der Waals surface area contributed by atoms with Crippen molar-refractivity contribution in [1.29, 1.82) is 0 Å². The second-order valence-corrected chi connectivity index (χ2v) is 5.36. The molecule has 2 rings (SSSR count). The van der Waals surface area contributed by atoms with Crippen LogP contribution in [0.5, 0.6) is 0 Å². The smallest absolute Gasteiger partial charge is 0.239 e. The first-order valence-electron chi connectivity index (χ1n) is 7.05. The largest absolute Gasteiger partial charge is 0.378 e. The van der Waals surface area contributed by atoms with Crippen molar-refractivity contribution in [3.05, 3.63) is 0 Å². The van der Waals surface area contributed by atoms with E-state index in [0.29, 0.717) is 25.2 Å². The minimum Gasteiger partial charge on any atom is -0.378 e. The second-order valence-electron chi connectivity index (χ2n) is 5.36. The van der Waals surface area contributed by atoms with Gasteiger partial charge >= 0.3 is 0 Å². The highest BCUT2D eigenvalue weighted by molar-refractivity contribution is 5.81. The minimum absolute atomic E-state index is 0.111. The molecule has 0 aromatic rings. The quantitative estimate of drug-likeness (QED) is 0.739. The molecule has 1 aliphatic carbocycles. The lowest BCUT2D eigenvalue weighted by Gasteiger charge is -2.31. The van der Waals surface area contributed by atoms with Crippen LogP contribution in [0.25, 0.3) is 0 Å². The predicted molar refractivity (Wildman–Crippen MR) is 70.2 cm³/mol. The number of ether oxygens (including phenoxy) is 1. The lowest BCUT2D eigenvalue weighted by atomic mass is 10.0. The topological polar surface area (TPSA) is 67.6 Å². The zero-order valence-corrected chi connectivity index (χ0v) is 11.2. The maximum atomic E-state index is 12.3. The van der Waals surface area contributed by atoms with Crippen LogP contribution < -0.4 is 11.1 Å². The maximum Gasteiger partial charge on any atom is 0.239 e. The molecule has 0 aromatic carbocycles. The van der Waals surface area contributed by atoms with Gasteiger partial charge in [0.05, 0.1) is 19.3 Å². The number of amides is 1. The molecule has 1 amide bonds. The molecule has 1 heterocycles. The van der Waals surface area contributed by atoms with Crippen LogP contribution in [0.1, 0.15) is 26.2 Å². The Morgan fingerprint density at radius 1 is 1.44 bits per heavy atom. The van der Waals surface area contributed by atoms with E-state index in [4.69, 9.17) is 10.5 Å². The van der Waals surface area contributed by atoms with E-state index in [1.165, 1.54) is 12.8 Å². The van der Waals surface area contributed by atoms with Gasteiger partial charge in [-0.2, -0.15) is 0 Å². The zero-order valence-electron chi connectivity index (χ0n) is 11.2. The Morgan fingerprint density at radius 2 is 2.17 bits per heavy atom. The van der Waals surface area contributed by atoms with E-state index in [9.17, 15) is 4.79 Å². The molecule has 2 fully saturated rings. The summed E-state index contributed by atoms with van der Waals surface area (Å²) in [6.07, 6.45) is 3.55. The van der Waals surface area contributed by atoms with Gasteiger partial charge in [-0.15, -0.1) is 0 Å². The van der Waals surface area contributed by atoms with Crippen LogP contribution in [0.2, 0.25) is 0 Å². The third-order valence-electron chi connectivity index (χ3n) is 4.12. The predicted octanol–water partition coefficient (Wildman–Crippen LogP) is -0.0493. The molecule has 18 heavy (non-hydrogen) atoms. The number of hydrogen-bond acceptors (Lipinski definition) is 4. The first-order valence-corrected chi connectivity index (χ1v) is 7.05. The van der Waals surface area contributed by atoms with E-state index >= 15 is 0 Å². The van der Waals surface area contributed by atoms with Gasteiger partial charge in [-0.1, -0.05) is 6.42 Å². The average Bonchev–Trinajstić information content (AvgIpc) is 2.86. The number of carbonyl (C=O) groups is 1. The fraction of sp³-hybridized carbons (Fsp3) is 0.923. The van der Waals surface area contributed by atoms with E-state index < -0.39 is 0 Å². The highest BCUT2D eigenvalue weighted by Gasteiger charge is 2.30. The van der Waals surface area contributed by atoms with Crippen molar-refractivity contribution >= 4 is 5.91 Å². The minimum atomic E-state index is -0.111. The van der Waals surface area contributed by atoms with Crippen LogP contribution in [0, 0.1) is 5.92 Å². The van der Waals surface area contributed by atoms with E-state index in [0.717, 1.165) is 26.1 Å². The van der Waals surface area contributed by atoms with E-state index in [2.05, 4.69) is 5.32 Å². The molecular formula is C13H25N3O2. The maximum absolute atomic E-state index is 12.3. The molecular weight excluding hydrogens is 230 g/mol. The number of nitrogens with one attached hydrogen (secondary N) is 1. The molecule has 5 heteroatoms. The van der Waals surface area contributed by atoms with Crippen molar-refractivity contribution in [2.45, 2.75) is 38.3 Å². The second kappa shape index (κ2) is 6.50. The molecule has 1 saturated heterocycles. The molecule has 0 spiro atoms. The summed E-state index contributed by atoms with van der Waals surface area (Å²) in [5.74, 6) is 0.728. The molecule has 3 atom stereocenters. The summed E-state index contributed by atoms with van der Waals surface area (Å²) in [4.78, 5) is 14.2. The summed E-state index contributed by atoms with van der Waals surface area (Å²) in [5, 5.41) is 3.46. The van der Waals surface area contributed by atoms with Gasteiger partial charge in [0.2, 0.25) is 5.91 Å². The third-order valence-corrected chi connectivity index (χ3v) is 4.12. The Labute approximate surface area is 109 Å². The van der Waals surface area contributed by atoms with Crippen LogP contribution in [0.3, 0.4) is 0 Å². The molecule has 5 nitrogen and oxygen atoms in total. The van der Waals surface area contributed by atoms with Gasteiger partial charge in [0, 0.05) is 19.1 Å². The highest BCUT2D eigenvalue weighted by atomic mass is 16.5. The molecule has 0 bridgehead atoms. The number of rotatable bonds is 4. The number of nitrogens with two attached hydrogens (primary N) is 1. The van der Waals surface area contributed by atoms with Crippen molar-refractivity contribution in [3.8, 4) is 0 Å². The van der Waals surface area contributed by atoms with Gasteiger partial charge < -0.3 is 20.7 Å². The lowest BCUT2D eigenvalue weighted by molar-refractivity contribution is -0.137. The Kier molecular flexibility index (Phi) is 4.97. The van der Waals surface area contributed by atoms with Crippen LogP contribution in [-0.4, -0.2) is 55.7 Å².